The van der Waals surface area contributed by atoms with Crippen molar-refractivity contribution in [2.45, 2.75) is 58.0 Å². The van der Waals surface area contributed by atoms with E-state index in [2.05, 4.69) is 5.32 Å². The van der Waals surface area contributed by atoms with E-state index >= 15 is 0 Å². The van der Waals surface area contributed by atoms with Gasteiger partial charge in [0.15, 0.2) is 0 Å². The molecule has 4 rings (SSSR count). The first-order valence-corrected chi connectivity index (χ1v) is 11.7. The Morgan fingerprint density at radius 2 is 1.79 bits per heavy atom. The minimum atomic E-state index is -0.871. The van der Waals surface area contributed by atoms with Crippen molar-refractivity contribution in [1.82, 2.24) is 4.90 Å². The molecule has 1 aliphatic heterocycles. The molecule has 2 aliphatic rings. The lowest BCUT2D eigenvalue weighted by Gasteiger charge is -2.28. The Bertz CT molecular complexity index is 1110. The maximum Gasteiger partial charge on any atom is 0.338 e. The standard InChI is InChI=1S/C26H29N3O5/c1-3-34-25(32)18-9-7-10-19(15-18)27-23(30)16-22-24(31)29(21-13-6-8-17(2)14-21)26(33)28(22)20-11-4-5-12-20/h6-10,13-15,20,22H,3-5,11-12,16H2,1-2H3,(H,27,30). The molecule has 1 saturated carbocycles. The molecule has 1 N–H and O–H groups in total. The lowest BCUT2D eigenvalue weighted by molar-refractivity contribution is -0.124. The van der Waals surface area contributed by atoms with Crippen LogP contribution in [0.2, 0.25) is 0 Å². The third-order valence-corrected chi connectivity index (χ3v) is 6.27. The highest BCUT2D eigenvalue weighted by Crippen LogP contribution is 2.34. The summed E-state index contributed by atoms with van der Waals surface area (Å²) < 4.78 is 5.01. The molecule has 1 atom stereocenters. The van der Waals surface area contributed by atoms with E-state index in [4.69, 9.17) is 4.74 Å². The van der Waals surface area contributed by atoms with E-state index in [1.807, 2.05) is 19.1 Å². The number of benzene rings is 2. The molecule has 178 valence electrons. The minimum absolute atomic E-state index is 0.0591. The normalized spacial score (nSPS) is 18.5. The highest BCUT2D eigenvalue weighted by molar-refractivity contribution is 6.22. The fourth-order valence-corrected chi connectivity index (χ4v) is 4.72. The van der Waals surface area contributed by atoms with Crippen molar-refractivity contribution in [1.29, 1.82) is 0 Å². The first kappa shape index (κ1) is 23.5. The molecular formula is C26H29N3O5. The number of hydrogen-bond acceptors (Lipinski definition) is 5. The number of aryl methyl sites for hydroxylation is 1. The first-order chi connectivity index (χ1) is 16.4. The quantitative estimate of drug-likeness (QED) is 0.488. The Kier molecular flexibility index (Phi) is 6.95. The first-order valence-electron chi connectivity index (χ1n) is 11.7. The van der Waals surface area contributed by atoms with Gasteiger partial charge in [-0.3, -0.25) is 9.59 Å². The summed E-state index contributed by atoms with van der Waals surface area (Å²) in [5.74, 6) is -1.27. The van der Waals surface area contributed by atoms with Crippen LogP contribution in [-0.2, 0) is 14.3 Å². The average Bonchev–Trinajstić information content (AvgIpc) is 3.41. The summed E-state index contributed by atoms with van der Waals surface area (Å²) in [6.45, 7) is 3.87. The van der Waals surface area contributed by atoms with Crippen molar-refractivity contribution >= 4 is 35.2 Å². The minimum Gasteiger partial charge on any atom is -0.462 e. The Morgan fingerprint density at radius 1 is 1.06 bits per heavy atom. The summed E-state index contributed by atoms with van der Waals surface area (Å²) in [6.07, 6.45) is 3.47. The highest BCUT2D eigenvalue weighted by Gasteiger charge is 2.49. The van der Waals surface area contributed by atoms with Crippen LogP contribution in [-0.4, -0.2) is 47.4 Å². The van der Waals surface area contributed by atoms with Crippen LogP contribution >= 0.6 is 0 Å². The molecule has 2 aromatic carbocycles. The van der Waals surface area contributed by atoms with Crippen LogP contribution in [0.3, 0.4) is 0 Å². The molecular weight excluding hydrogens is 434 g/mol. The topological polar surface area (TPSA) is 96.0 Å². The van der Waals surface area contributed by atoms with Gasteiger partial charge in [0.05, 0.1) is 24.3 Å². The molecule has 1 heterocycles. The van der Waals surface area contributed by atoms with Crippen LogP contribution in [0.15, 0.2) is 48.5 Å². The Morgan fingerprint density at radius 3 is 2.50 bits per heavy atom. The Labute approximate surface area is 198 Å². The molecule has 4 amide bonds. The van der Waals surface area contributed by atoms with Crippen molar-refractivity contribution in [3.63, 3.8) is 0 Å². The molecule has 8 nitrogen and oxygen atoms in total. The second-order valence-electron chi connectivity index (χ2n) is 8.71. The van der Waals surface area contributed by atoms with Crippen molar-refractivity contribution in [2.24, 2.45) is 0 Å². The van der Waals surface area contributed by atoms with E-state index in [0.29, 0.717) is 16.9 Å². The Hall–Kier alpha value is -3.68. The fraction of sp³-hybridized carbons (Fsp3) is 0.385. The van der Waals surface area contributed by atoms with Gasteiger partial charge in [-0.1, -0.05) is 31.0 Å². The van der Waals surface area contributed by atoms with Crippen LogP contribution in [0.4, 0.5) is 16.2 Å². The summed E-state index contributed by atoms with van der Waals surface area (Å²) in [6, 6.07) is 12.4. The summed E-state index contributed by atoms with van der Waals surface area (Å²) in [5, 5.41) is 2.76. The second-order valence-corrected chi connectivity index (χ2v) is 8.71. The fourth-order valence-electron chi connectivity index (χ4n) is 4.72. The molecule has 0 bridgehead atoms. The number of imide groups is 1. The number of ether oxygens (including phenoxy) is 1. The van der Waals surface area contributed by atoms with Gasteiger partial charge in [0.1, 0.15) is 6.04 Å². The number of rotatable bonds is 7. The van der Waals surface area contributed by atoms with E-state index in [9.17, 15) is 19.2 Å². The molecule has 0 radical (unpaired) electrons. The molecule has 2 aromatic rings. The van der Waals surface area contributed by atoms with Gasteiger partial charge >= 0.3 is 12.0 Å². The van der Waals surface area contributed by atoms with Gasteiger partial charge in [-0.15, -0.1) is 0 Å². The zero-order chi connectivity index (χ0) is 24.2. The number of nitrogens with one attached hydrogen (secondary N) is 1. The number of nitrogens with zero attached hydrogens (tertiary/aromatic N) is 2. The zero-order valence-corrected chi connectivity index (χ0v) is 19.5. The number of carbonyl (C=O) groups excluding carboxylic acids is 4. The van der Waals surface area contributed by atoms with E-state index in [-0.39, 0.29) is 25.1 Å². The molecule has 2 fully saturated rings. The molecule has 1 saturated heterocycles. The Balaban J connectivity index is 1.54. The molecule has 8 heteroatoms. The predicted octanol–water partition coefficient (Wildman–Crippen LogP) is 4.28. The van der Waals surface area contributed by atoms with Gasteiger partial charge < -0.3 is 15.0 Å². The van der Waals surface area contributed by atoms with Gasteiger partial charge in [-0.05, 0) is 62.6 Å². The van der Waals surface area contributed by atoms with Gasteiger partial charge in [-0.25, -0.2) is 14.5 Å². The largest absolute Gasteiger partial charge is 0.462 e. The third-order valence-electron chi connectivity index (χ3n) is 6.27. The number of anilines is 2. The van der Waals surface area contributed by atoms with Gasteiger partial charge in [0.2, 0.25) is 5.91 Å². The molecule has 1 aliphatic carbocycles. The maximum atomic E-state index is 13.4. The molecule has 34 heavy (non-hydrogen) atoms. The van der Waals surface area contributed by atoms with Crippen LogP contribution in [0, 0.1) is 6.92 Å². The number of esters is 1. The van der Waals surface area contributed by atoms with Crippen LogP contribution < -0.4 is 10.2 Å². The lowest BCUT2D eigenvalue weighted by atomic mass is 10.1. The van der Waals surface area contributed by atoms with E-state index in [0.717, 1.165) is 31.2 Å². The van der Waals surface area contributed by atoms with Gasteiger partial charge in [0, 0.05) is 11.7 Å². The number of hydrogen-bond donors (Lipinski definition) is 1. The van der Waals surface area contributed by atoms with E-state index in [1.54, 1.807) is 42.2 Å². The number of carbonyl (C=O) groups is 4. The van der Waals surface area contributed by atoms with Crippen molar-refractivity contribution in [3.05, 3.63) is 59.7 Å². The van der Waals surface area contributed by atoms with Crippen molar-refractivity contribution in [2.75, 3.05) is 16.8 Å². The summed E-state index contributed by atoms with van der Waals surface area (Å²) in [5.41, 5.74) is 2.21. The summed E-state index contributed by atoms with van der Waals surface area (Å²) >= 11 is 0. The van der Waals surface area contributed by atoms with Crippen molar-refractivity contribution in [3.8, 4) is 0 Å². The van der Waals surface area contributed by atoms with E-state index < -0.39 is 23.8 Å². The SMILES string of the molecule is CCOC(=O)c1cccc(NC(=O)CC2C(=O)N(c3cccc(C)c3)C(=O)N2C2CCCC2)c1. The van der Waals surface area contributed by atoms with Gasteiger partial charge in [0.25, 0.3) is 5.91 Å². The van der Waals surface area contributed by atoms with Gasteiger partial charge in [-0.2, -0.15) is 0 Å². The monoisotopic (exact) mass is 463 g/mol. The maximum absolute atomic E-state index is 13.4. The molecule has 1 unspecified atom stereocenters. The summed E-state index contributed by atoms with van der Waals surface area (Å²) in [4.78, 5) is 54.6. The van der Waals surface area contributed by atoms with Crippen LogP contribution in [0.1, 0.15) is 54.9 Å². The van der Waals surface area contributed by atoms with Crippen LogP contribution in [0.5, 0.6) is 0 Å². The molecule has 0 aromatic heterocycles. The highest BCUT2D eigenvalue weighted by atomic mass is 16.5. The third kappa shape index (κ3) is 4.81. The lowest BCUT2D eigenvalue weighted by Crippen LogP contribution is -2.43. The predicted molar refractivity (Wildman–Crippen MR) is 128 cm³/mol. The van der Waals surface area contributed by atoms with E-state index in [1.165, 1.54) is 11.0 Å². The second kappa shape index (κ2) is 10.1. The number of urea groups is 1. The smallest absolute Gasteiger partial charge is 0.338 e. The zero-order valence-electron chi connectivity index (χ0n) is 19.5. The summed E-state index contributed by atoms with van der Waals surface area (Å²) in [7, 11) is 0. The van der Waals surface area contributed by atoms with Crippen molar-refractivity contribution < 1.29 is 23.9 Å². The number of amides is 4. The molecule has 0 spiro atoms. The van der Waals surface area contributed by atoms with Crippen LogP contribution in [0.25, 0.3) is 0 Å². The average molecular weight is 464 g/mol.